The van der Waals surface area contributed by atoms with Gasteiger partial charge in [0.2, 0.25) is 0 Å². The van der Waals surface area contributed by atoms with Gasteiger partial charge in [0.05, 0.1) is 26.4 Å². The predicted octanol–water partition coefficient (Wildman–Crippen LogP) is -0.427. The first-order valence-corrected chi connectivity index (χ1v) is 4.37. The average molecular weight is 176 g/mol. The molecule has 4 N–H and O–H groups in total. The van der Waals surface area contributed by atoms with Crippen molar-refractivity contribution >= 4 is 0 Å². The van der Waals surface area contributed by atoms with Gasteiger partial charge in [-0.25, -0.2) is 0 Å². The lowest BCUT2D eigenvalue weighted by Crippen LogP contribution is -2.18. The molecular formula is C8H20N2O2. The summed E-state index contributed by atoms with van der Waals surface area (Å²) in [4.78, 5) is 0. The Bertz CT molecular complexity index is 81.1. The van der Waals surface area contributed by atoms with Crippen molar-refractivity contribution in [2.24, 2.45) is 17.4 Å². The zero-order valence-corrected chi connectivity index (χ0v) is 7.79. The van der Waals surface area contributed by atoms with Crippen LogP contribution in [-0.4, -0.2) is 39.5 Å². The summed E-state index contributed by atoms with van der Waals surface area (Å²) in [5.74, 6) is 0.420. The van der Waals surface area contributed by atoms with Crippen LogP contribution >= 0.6 is 0 Å². The van der Waals surface area contributed by atoms with Crippen LogP contribution in [0, 0.1) is 5.92 Å². The van der Waals surface area contributed by atoms with E-state index in [0.29, 0.717) is 45.4 Å². The van der Waals surface area contributed by atoms with Crippen molar-refractivity contribution in [1.82, 2.24) is 0 Å². The summed E-state index contributed by atoms with van der Waals surface area (Å²) < 4.78 is 10.5. The van der Waals surface area contributed by atoms with E-state index < -0.39 is 0 Å². The Morgan fingerprint density at radius 3 is 1.75 bits per heavy atom. The Balaban J connectivity index is 3.04. The monoisotopic (exact) mass is 176 g/mol. The maximum Gasteiger partial charge on any atom is 0.0588 e. The third kappa shape index (κ3) is 7.94. The van der Waals surface area contributed by atoms with E-state index in [4.69, 9.17) is 20.9 Å². The fourth-order valence-corrected chi connectivity index (χ4v) is 0.784. The number of hydrogen-bond acceptors (Lipinski definition) is 4. The summed E-state index contributed by atoms with van der Waals surface area (Å²) in [7, 11) is 0. The quantitative estimate of drug-likeness (QED) is 0.492. The lowest BCUT2D eigenvalue weighted by atomic mass is 10.2. The largest absolute Gasteiger partial charge is 0.380 e. The first kappa shape index (κ1) is 11.8. The van der Waals surface area contributed by atoms with Gasteiger partial charge in [-0.3, -0.25) is 0 Å². The van der Waals surface area contributed by atoms with Crippen molar-refractivity contribution < 1.29 is 9.47 Å². The molecule has 4 heteroatoms. The molecule has 0 aromatic rings. The fourth-order valence-electron chi connectivity index (χ4n) is 0.784. The molecule has 0 unspecified atom stereocenters. The summed E-state index contributed by atoms with van der Waals surface area (Å²) in [6.45, 7) is 5.91. The van der Waals surface area contributed by atoms with Gasteiger partial charge in [0.25, 0.3) is 0 Å². The minimum absolute atomic E-state index is 0.420. The molecule has 0 heterocycles. The molecule has 0 aliphatic heterocycles. The molecule has 0 rings (SSSR count). The second-order valence-corrected chi connectivity index (χ2v) is 2.83. The predicted molar refractivity (Wildman–Crippen MR) is 48.9 cm³/mol. The van der Waals surface area contributed by atoms with E-state index in [9.17, 15) is 0 Å². The van der Waals surface area contributed by atoms with Gasteiger partial charge < -0.3 is 20.9 Å². The Morgan fingerprint density at radius 2 is 1.42 bits per heavy atom. The van der Waals surface area contributed by atoms with Gasteiger partial charge in [0.15, 0.2) is 0 Å². The number of hydrogen-bond donors (Lipinski definition) is 2. The van der Waals surface area contributed by atoms with Crippen LogP contribution in [0.15, 0.2) is 0 Å². The molecule has 0 atom stereocenters. The second-order valence-electron chi connectivity index (χ2n) is 2.83. The Kier molecular flexibility index (Phi) is 8.81. The lowest BCUT2D eigenvalue weighted by Gasteiger charge is -2.11. The average Bonchev–Trinajstić information content (AvgIpc) is 2.06. The van der Waals surface area contributed by atoms with Gasteiger partial charge in [-0.1, -0.05) is 6.92 Å². The molecule has 0 fully saturated rings. The van der Waals surface area contributed by atoms with Gasteiger partial charge in [-0.05, 0) is 0 Å². The van der Waals surface area contributed by atoms with Crippen molar-refractivity contribution in [3.63, 3.8) is 0 Å². The highest BCUT2D eigenvalue weighted by Crippen LogP contribution is 1.95. The van der Waals surface area contributed by atoms with Crippen molar-refractivity contribution in [2.75, 3.05) is 39.5 Å². The molecule has 0 saturated carbocycles. The summed E-state index contributed by atoms with van der Waals surface area (Å²) >= 11 is 0. The maximum atomic E-state index is 5.26. The highest BCUT2D eigenvalue weighted by Gasteiger charge is 2.00. The van der Waals surface area contributed by atoms with Crippen LogP contribution < -0.4 is 11.5 Å². The van der Waals surface area contributed by atoms with Crippen LogP contribution in [-0.2, 0) is 9.47 Å². The number of rotatable bonds is 8. The Hall–Kier alpha value is -0.160. The highest BCUT2D eigenvalue weighted by molar-refractivity contribution is 4.49. The van der Waals surface area contributed by atoms with E-state index in [-0.39, 0.29) is 0 Å². The van der Waals surface area contributed by atoms with E-state index in [1.165, 1.54) is 0 Å². The van der Waals surface area contributed by atoms with Crippen LogP contribution in [0.3, 0.4) is 0 Å². The SMILES string of the molecule is CC(COCCN)COCCN. The summed E-state index contributed by atoms with van der Waals surface area (Å²) in [5, 5.41) is 0. The smallest absolute Gasteiger partial charge is 0.0588 e. The molecule has 0 aromatic heterocycles. The van der Waals surface area contributed by atoms with E-state index in [2.05, 4.69) is 6.92 Å². The lowest BCUT2D eigenvalue weighted by molar-refractivity contribution is 0.0512. The van der Waals surface area contributed by atoms with E-state index in [0.717, 1.165) is 0 Å². The zero-order chi connectivity index (χ0) is 9.23. The van der Waals surface area contributed by atoms with Crippen LogP contribution in [0.1, 0.15) is 6.92 Å². The zero-order valence-electron chi connectivity index (χ0n) is 7.79. The van der Waals surface area contributed by atoms with Crippen LogP contribution in [0.5, 0.6) is 0 Å². The fraction of sp³-hybridized carbons (Fsp3) is 1.00. The molecule has 12 heavy (non-hydrogen) atoms. The van der Waals surface area contributed by atoms with Crippen molar-refractivity contribution in [1.29, 1.82) is 0 Å². The van der Waals surface area contributed by atoms with Gasteiger partial charge in [0.1, 0.15) is 0 Å². The van der Waals surface area contributed by atoms with E-state index >= 15 is 0 Å². The summed E-state index contributed by atoms with van der Waals surface area (Å²) in [5.41, 5.74) is 10.5. The van der Waals surface area contributed by atoms with Crippen molar-refractivity contribution in [2.45, 2.75) is 6.92 Å². The molecule has 4 nitrogen and oxygen atoms in total. The van der Waals surface area contributed by atoms with Crippen molar-refractivity contribution in [3.8, 4) is 0 Å². The first-order chi connectivity index (χ1) is 5.81. The van der Waals surface area contributed by atoms with Gasteiger partial charge in [-0.15, -0.1) is 0 Å². The standard InChI is InChI=1S/C8H20N2O2/c1-8(6-11-4-2-9)7-12-5-3-10/h8H,2-7,9-10H2,1H3. The molecule has 74 valence electrons. The Labute approximate surface area is 74.2 Å². The van der Waals surface area contributed by atoms with E-state index in [1.807, 2.05) is 0 Å². The first-order valence-electron chi connectivity index (χ1n) is 4.37. The third-order valence-electron chi connectivity index (χ3n) is 1.33. The third-order valence-corrected chi connectivity index (χ3v) is 1.33. The van der Waals surface area contributed by atoms with Crippen LogP contribution in [0.25, 0.3) is 0 Å². The van der Waals surface area contributed by atoms with Crippen molar-refractivity contribution in [3.05, 3.63) is 0 Å². The molecule has 0 radical (unpaired) electrons. The topological polar surface area (TPSA) is 70.5 Å². The van der Waals surface area contributed by atoms with Gasteiger partial charge in [0, 0.05) is 19.0 Å². The molecule has 0 aromatic carbocycles. The van der Waals surface area contributed by atoms with Crippen LogP contribution in [0.4, 0.5) is 0 Å². The van der Waals surface area contributed by atoms with Gasteiger partial charge in [-0.2, -0.15) is 0 Å². The molecule has 0 amide bonds. The maximum absolute atomic E-state index is 5.26. The highest BCUT2D eigenvalue weighted by atomic mass is 16.5. The number of ether oxygens (including phenoxy) is 2. The van der Waals surface area contributed by atoms with Crippen LogP contribution in [0.2, 0.25) is 0 Å². The number of nitrogens with two attached hydrogens (primary N) is 2. The second kappa shape index (κ2) is 8.93. The summed E-state index contributed by atoms with van der Waals surface area (Å²) in [6.07, 6.45) is 0. The normalized spacial score (nSPS) is 11.0. The van der Waals surface area contributed by atoms with E-state index in [1.54, 1.807) is 0 Å². The molecule has 0 bridgehead atoms. The van der Waals surface area contributed by atoms with Gasteiger partial charge >= 0.3 is 0 Å². The summed E-state index contributed by atoms with van der Waals surface area (Å²) in [6, 6.07) is 0. The minimum atomic E-state index is 0.420. The molecule has 0 aliphatic carbocycles. The molecule has 0 saturated heterocycles. The Morgan fingerprint density at radius 1 is 1.00 bits per heavy atom. The molecule has 0 spiro atoms. The molecule has 0 aliphatic rings. The minimum Gasteiger partial charge on any atom is -0.380 e. The molecular weight excluding hydrogens is 156 g/mol.